The summed E-state index contributed by atoms with van der Waals surface area (Å²) in [5, 5.41) is 9.20. The zero-order chi connectivity index (χ0) is 11.8. The maximum atomic E-state index is 9.20. The van der Waals surface area contributed by atoms with Crippen LogP contribution in [0, 0.1) is 0 Å². The molecule has 0 heterocycles. The molecule has 1 nitrogen and oxygen atoms in total. The summed E-state index contributed by atoms with van der Waals surface area (Å²) < 4.78 is 0. The zero-order valence-electron chi connectivity index (χ0n) is 10.6. The molecular weight excluding hydrogens is 196 g/mol. The van der Waals surface area contributed by atoms with E-state index >= 15 is 0 Å². The van der Waals surface area contributed by atoms with E-state index in [0.717, 1.165) is 19.3 Å². The van der Waals surface area contributed by atoms with Gasteiger partial charge in [0.05, 0.1) is 6.10 Å². The molecule has 1 heteroatoms. The number of hydrogen-bond acceptors (Lipinski definition) is 1. The second-order valence-corrected chi connectivity index (χ2v) is 4.66. The zero-order valence-corrected chi connectivity index (χ0v) is 10.6. The fourth-order valence-electron chi connectivity index (χ4n) is 1.92. The second-order valence-electron chi connectivity index (χ2n) is 4.66. The van der Waals surface area contributed by atoms with Crippen molar-refractivity contribution in [2.24, 2.45) is 0 Å². The van der Waals surface area contributed by atoms with Crippen LogP contribution < -0.4 is 0 Å². The molecule has 16 heavy (non-hydrogen) atoms. The van der Waals surface area contributed by atoms with Gasteiger partial charge in [-0.1, -0.05) is 37.6 Å². The van der Waals surface area contributed by atoms with E-state index in [1.807, 2.05) is 6.92 Å². The number of aliphatic hydroxyl groups is 1. The Morgan fingerprint density at radius 3 is 2.31 bits per heavy atom. The summed E-state index contributed by atoms with van der Waals surface area (Å²) in [6.45, 7) is 4.09. The van der Waals surface area contributed by atoms with Gasteiger partial charge in [0.15, 0.2) is 0 Å². The second kappa shape index (κ2) is 7.45. The maximum absolute atomic E-state index is 9.20. The van der Waals surface area contributed by atoms with Crippen LogP contribution in [0.4, 0.5) is 0 Å². The molecule has 0 saturated heterocycles. The number of hydrogen-bond donors (Lipinski definition) is 1. The van der Waals surface area contributed by atoms with Crippen LogP contribution in [-0.4, -0.2) is 11.2 Å². The molecule has 0 bridgehead atoms. The third-order valence-electron chi connectivity index (χ3n) is 2.90. The van der Waals surface area contributed by atoms with E-state index in [-0.39, 0.29) is 6.10 Å². The van der Waals surface area contributed by atoms with Crippen molar-refractivity contribution in [2.45, 2.75) is 58.5 Å². The molecule has 0 aliphatic carbocycles. The van der Waals surface area contributed by atoms with Crippen LogP contribution in [0.25, 0.3) is 0 Å². The highest BCUT2D eigenvalue weighted by atomic mass is 16.3. The van der Waals surface area contributed by atoms with E-state index in [9.17, 15) is 5.11 Å². The van der Waals surface area contributed by atoms with Crippen molar-refractivity contribution in [3.63, 3.8) is 0 Å². The summed E-state index contributed by atoms with van der Waals surface area (Å²) in [6, 6.07) is 8.88. The van der Waals surface area contributed by atoms with Crippen LogP contribution in [0.2, 0.25) is 0 Å². The van der Waals surface area contributed by atoms with Gasteiger partial charge >= 0.3 is 0 Å². The summed E-state index contributed by atoms with van der Waals surface area (Å²) in [7, 11) is 0. The van der Waals surface area contributed by atoms with E-state index in [1.54, 1.807) is 0 Å². The lowest BCUT2D eigenvalue weighted by Gasteiger charge is -2.06. The van der Waals surface area contributed by atoms with E-state index < -0.39 is 0 Å². The lowest BCUT2D eigenvalue weighted by Crippen LogP contribution is -2.00. The van der Waals surface area contributed by atoms with Gasteiger partial charge in [0, 0.05) is 0 Å². The first kappa shape index (κ1) is 13.2. The molecule has 1 rings (SSSR count). The minimum Gasteiger partial charge on any atom is -0.393 e. The third kappa shape index (κ3) is 5.32. The molecule has 0 aromatic heterocycles. The summed E-state index contributed by atoms with van der Waals surface area (Å²) in [6.07, 6.45) is 6.63. The van der Waals surface area contributed by atoms with Gasteiger partial charge in [-0.25, -0.2) is 0 Å². The van der Waals surface area contributed by atoms with E-state index in [2.05, 4.69) is 31.2 Å². The highest BCUT2D eigenvalue weighted by molar-refractivity contribution is 5.23. The largest absolute Gasteiger partial charge is 0.393 e. The molecule has 0 fully saturated rings. The van der Waals surface area contributed by atoms with Crippen LogP contribution in [-0.2, 0) is 12.8 Å². The fourth-order valence-corrected chi connectivity index (χ4v) is 1.92. The van der Waals surface area contributed by atoms with Crippen LogP contribution >= 0.6 is 0 Å². The molecule has 0 radical (unpaired) electrons. The fraction of sp³-hybridized carbons (Fsp3) is 0.600. The van der Waals surface area contributed by atoms with Gasteiger partial charge in [-0.2, -0.15) is 0 Å². The van der Waals surface area contributed by atoms with Crippen LogP contribution in [0.3, 0.4) is 0 Å². The molecule has 0 spiro atoms. The Labute approximate surface area is 99.5 Å². The Balaban J connectivity index is 2.40. The number of unbranched alkanes of at least 4 members (excludes halogenated alkanes) is 1. The topological polar surface area (TPSA) is 20.2 Å². The van der Waals surface area contributed by atoms with Crippen molar-refractivity contribution in [3.8, 4) is 0 Å². The molecule has 1 unspecified atom stereocenters. The first-order valence-corrected chi connectivity index (χ1v) is 6.48. The van der Waals surface area contributed by atoms with Crippen LogP contribution in [0.1, 0.15) is 50.7 Å². The molecular formula is C15H24O. The Kier molecular flexibility index (Phi) is 6.17. The quantitative estimate of drug-likeness (QED) is 0.742. The smallest absolute Gasteiger partial charge is 0.0512 e. The van der Waals surface area contributed by atoms with Gasteiger partial charge in [0.1, 0.15) is 0 Å². The summed E-state index contributed by atoms with van der Waals surface area (Å²) in [4.78, 5) is 0. The Morgan fingerprint density at radius 1 is 1.12 bits per heavy atom. The normalized spacial score (nSPS) is 12.7. The SMILES string of the molecule is CCCCc1cccc(CCCC(C)O)c1. The maximum Gasteiger partial charge on any atom is 0.0512 e. The van der Waals surface area contributed by atoms with Crippen molar-refractivity contribution in [3.05, 3.63) is 35.4 Å². The van der Waals surface area contributed by atoms with E-state index in [4.69, 9.17) is 0 Å². The third-order valence-corrected chi connectivity index (χ3v) is 2.90. The molecule has 1 aromatic rings. The first-order valence-electron chi connectivity index (χ1n) is 6.48. The van der Waals surface area contributed by atoms with Crippen molar-refractivity contribution in [2.75, 3.05) is 0 Å². The number of benzene rings is 1. The first-order chi connectivity index (χ1) is 7.72. The molecule has 0 saturated carbocycles. The van der Waals surface area contributed by atoms with Crippen LogP contribution in [0.5, 0.6) is 0 Å². The minimum absolute atomic E-state index is 0.164. The summed E-state index contributed by atoms with van der Waals surface area (Å²) >= 11 is 0. The molecule has 1 N–H and O–H groups in total. The van der Waals surface area contributed by atoms with Crippen LogP contribution in [0.15, 0.2) is 24.3 Å². The van der Waals surface area contributed by atoms with Crippen molar-refractivity contribution >= 4 is 0 Å². The number of aliphatic hydroxyl groups excluding tert-OH is 1. The standard InChI is InChI=1S/C15H24O/c1-3-4-8-14-10-6-11-15(12-14)9-5-7-13(2)16/h6,10-13,16H,3-5,7-9H2,1-2H3. The molecule has 0 aliphatic heterocycles. The van der Waals surface area contributed by atoms with E-state index in [1.165, 1.54) is 30.4 Å². The van der Waals surface area contributed by atoms with Gasteiger partial charge in [0.25, 0.3) is 0 Å². The average Bonchev–Trinajstić information content (AvgIpc) is 2.26. The predicted molar refractivity (Wildman–Crippen MR) is 69.7 cm³/mol. The Hall–Kier alpha value is -0.820. The van der Waals surface area contributed by atoms with Gasteiger partial charge in [-0.15, -0.1) is 0 Å². The van der Waals surface area contributed by atoms with Gasteiger partial charge in [0.2, 0.25) is 0 Å². The Bertz CT molecular complexity index is 291. The molecule has 0 amide bonds. The Morgan fingerprint density at radius 2 is 1.75 bits per heavy atom. The monoisotopic (exact) mass is 220 g/mol. The van der Waals surface area contributed by atoms with Crippen molar-refractivity contribution in [1.29, 1.82) is 0 Å². The molecule has 1 aromatic carbocycles. The highest BCUT2D eigenvalue weighted by Gasteiger charge is 1.99. The summed E-state index contributed by atoms with van der Waals surface area (Å²) in [5.74, 6) is 0. The molecule has 1 atom stereocenters. The number of rotatable bonds is 7. The van der Waals surface area contributed by atoms with Gasteiger partial charge in [-0.05, 0) is 50.2 Å². The van der Waals surface area contributed by atoms with Crippen molar-refractivity contribution < 1.29 is 5.11 Å². The lowest BCUT2D eigenvalue weighted by molar-refractivity contribution is 0.182. The highest BCUT2D eigenvalue weighted by Crippen LogP contribution is 2.11. The lowest BCUT2D eigenvalue weighted by atomic mass is 10.0. The van der Waals surface area contributed by atoms with Crippen molar-refractivity contribution in [1.82, 2.24) is 0 Å². The van der Waals surface area contributed by atoms with Gasteiger partial charge in [-0.3, -0.25) is 0 Å². The molecule has 0 aliphatic rings. The van der Waals surface area contributed by atoms with E-state index in [0.29, 0.717) is 0 Å². The van der Waals surface area contributed by atoms with Gasteiger partial charge < -0.3 is 5.11 Å². The molecule has 90 valence electrons. The number of aryl methyl sites for hydroxylation is 2. The average molecular weight is 220 g/mol. The predicted octanol–water partition coefficient (Wildman–Crippen LogP) is 3.73. The summed E-state index contributed by atoms with van der Waals surface area (Å²) in [5.41, 5.74) is 2.87. The minimum atomic E-state index is -0.164.